The molecule has 2 heteroatoms. The van der Waals surface area contributed by atoms with Gasteiger partial charge in [0, 0.05) is 17.8 Å². The van der Waals surface area contributed by atoms with E-state index in [9.17, 15) is 0 Å². The van der Waals surface area contributed by atoms with Crippen LogP contribution in [0.3, 0.4) is 0 Å². The Hall–Kier alpha value is -1.02. The number of para-hydroxylation sites is 1. The number of aryl methyl sites for hydroxylation is 2. The highest BCUT2D eigenvalue weighted by Crippen LogP contribution is 2.44. The van der Waals surface area contributed by atoms with Gasteiger partial charge in [-0.3, -0.25) is 0 Å². The maximum Gasteiger partial charge on any atom is 0.0430 e. The van der Waals surface area contributed by atoms with E-state index < -0.39 is 0 Å². The van der Waals surface area contributed by atoms with Gasteiger partial charge in [0.2, 0.25) is 0 Å². The zero-order chi connectivity index (χ0) is 13.4. The number of nitrogens with zero attached hydrogens (tertiary/aromatic N) is 1. The van der Waals surface area contributed by atoms with E-state index in [0.717, 1.165) is 24.5 Å². The van der Waals surface area contributed by atoms with Crippen LogP contribution in [0.25, 0.3) is 0 Å². The van der Waals surface area contributed by atoms with Crippen LogP contribution >= 0.6 is 0 Å². The van der Waals surface area contributed by atoms with Gasteiger partial charge in [0.1, 0.15) is 0 Å². The topological polar surface area (TPSA) is 29.3 Å². The molecule has 104 valence electrons. The molecule has 0 amide bonds. The first kappa shape index (κ1) is 13.0. The van der Waals surface area contributed by atoms with Crippen molar-refractivity contribution in [1.29, 1.82) is 0 Å². The molecule has 19 heavy (non-hydrogen) atoms. The normalized spacial score (nSPS) is 29.8. The van der Waals surface area contributed by atoms with E-state index >= 15 is 0 Å². The average molecular weight is 258 g/mol. The number of rotatable bonds is 3. The molecule has 2 N–H and O–H groups in total. The zero-order valence-corrected chi connectivity index (χ0v) is 12.2. The minimum Gasteiger partial charge on any atom is -0.365 e. The summed E-state index contributed by atoms with van der Waals surface area (Å²) in [5, 5.41) is 0. The van der Waals surface area contributed by atoms with E-state index in [-0.39, 0.29) is 0 Å². The molecule has 2 atom stereocenters. The van der Waals surface area contributed by atoms with Crippen LogP contribution in [-0.4, -0.2) is 18.6 Å². The SMILES string of the molecule is Cc1cccc(C)c1N1C2CCC1CC(CCN)C2. The largest absolute Gasteiger partial charge is 0.365 e. The van der Waals surface area contributed by atoms with Crippen molar-refractivity contribution in [3.63, 3.8) is 0 Å². The van der Waals surface area contributed by atoms with Crippen molar-refractivity contribution in [2.75, 3.05) is 11.4 Å². The van der Waals surface area contributed by atoms with E-state index in [1.165, 1.54) is 48.9 Å². The number of nitrogens with two attached hydrogens (primary N) is 1. The molecule has 2 aliphatic heterocycles. The lowest BCUT2D eigenvalue weighted by molar-refractivity contribution is 0.325. The highest BCUT2D eigenvalue weighted by molar-refractivity contribution is 5.61. The summed E-state index contributed by atoms with van der Waals surface area (Å²) in [6, 6.07) is 8.21. The molecule has 0 radical (unpaired) electrons. The standard InChI is InChI=1S/C17H26N2/c1-12-4-3-5-13(2)17(12)19-15-6-7-16(19)11-14(10-15)8-9-18/h3-5,14-16H,6-11,18H2,1-2H3. The third kappa shape index (κ3) is 2.27. The second kappa shape index (κ2) is 5.16. The lowest BCUT2D eigenvalue weighted by Crippen LogP contribution is -2.44. The van der Waals surface area contributed by atoms with E-state index in [4.69, 9.17) is 5.73 Å². The maximum atomic E-state index is 5.75. The van der Waals surface area contributed by atoms with E-state index in [1.54, 1.807) is 0 Å². The number of fused-ring (bicyclic) bond motifs is 2. The summed E-state index contributed by atoms with van der Waals surface area (Å²) in [5.74, 6) is 0.864. The van der Waals surface area contributed by atoms with Crippen LogP contribution in [0.4, 0.5) is 5.69 Å². The third-order valence-corrected chi connectivity index (χ3v) is 5.10. The molecule has 2 bridgehead atoms. The molecule has 1 aromatic rings. The van der Waals surface area contributed by atoms with Crippen molar-refractivity contribution < 1.29 is 0 Å². The third-order valence-electron chi connectivity index (χ3n) is 5.10. The fourth-order valence-electron chi connectivity index (χ4n) is 4.34. The van der Waals surface area contributed by atoms with Crippen molar-refractivity contribution in [3.05, 3.63) is 29.3 Å². The molecule has 2 heterocycles. The Morgan fingerprint density at radius 3 is 2.21 bits per heavy atom. The first-order chi connectivity index (χ1) is 9.20. The minimum absolute atomic E-state index is 0.759. The second-order valence-electron chi connectivity index (χ2n) is 6.45. The summed E-state index contributed by atoms with van der Waals surface area (Å²) in [7, 11) is 0. The number of benzene rings is 1. The van der Waals surface area contributed by atoms with Gasteiger partial charge >= 0.3 is 0 Å². The van der Waals surface area contributed by atoms with Crippen LogP contribution in [0.5, 0.6) is 0 Å². The van der Waals surface area contributed by atoms with Crippen molar-refractivity contribution in [2.24, 2.45) is 11.7 Å². The molecule has 2 aliphatic rings. The summed E-state index contributed by atoms with van der Waals surface area (Å²) >= 11 is 0. The van der Waals surface area contributed by atoms with Crippen LogP contribution in [0, 0.1) is 19.8 Å². The molecular weight excluding hydrogens is 232 g/mol. The Morgan fingerprint density at radius 2 is 1.68 bits per heavy atom. The molecule has 0 spiro atoms. The van der Waals surface area contributed by atoms with Crippen LogP contribution in [0.15, 0.2) is 18.2 Å². The van der Waals surface area contributed by atoms with Gasteiger partial charge in [0.05, 0.1) is 0 Å². The molecule has 2 nitrogen and oxygen atoms in total. The highest BCUT2D eigenvalue weighted by atomic mass is 15.2. The van der Waals surface area contributed by atoms with Crippen LogP contribution in [0.1, 0.15) is 43.2 Å². The zero-order valence-electron chi connectivity index (χ0n) is 12.2. The summed E-state index contributed by atoms with van der Waals surface area (Å²) in [6.07, 6.45) is 6.66. The van der Waals surface area contributed by atoms with Gasteiger partial charge in [-0.1, -0.05) is 18.2 Å². The van der Waals surface area contributed by atoms with Gasteiger partial charge in [0.15, 0.2) is 0 Å². The molecule has 0 aromatic heterocycles. The minimum atomic E-state index is 0.759. The average Bonchev–Trinajstić information content (AvgIpc) is 2.63. The summed E-state index contributed by atoms with van der Waals surface area (Å²) < 4.78 is 0. The summed E-state index contributed by atoms with van der Waals surface area (Å²) in [6.45, 7) is 5.37. The monoisotopic (exact) mass is 258 g/mol. The van der Waals surface area contributed by atoms with Gasteiger partial charge in [-0.25, -0.2) is 0 Å². The number of piperidine rings is 1. The van der Waals surface area contributed by atoms with E-state index in [1.807, 2.05) is 0 Å². The number of anilines is 1. The van der Waals surface area contributed by atoms with E-state index in [0.29, 0.717) is 0 Å². The predicted octanol–water partition coefficient (Wildman–Crippen LogP) is 3.40. The first-order valence-electron chi connectivity index (χ1n) is 7.75. The molecule has 0 saturated carbocycles. The summed E-state index contributed by atoms with van der Waals surface area (Å²) in [5.41, 5.74) is 10.1. The predicted molar refractivity (Wildman–Crippen MR) is 81.6 cm³/mol. The van der Waals surface area contributed by atoms with E-state index in [2.05, 4.69) is 36.9 Å². The highest BCUT2D eigenvalue weighted by Gasteiger charge is 2.41. The quantitative estimate of drug-likeness (QED) is 0.900. The van der Waals surface area contributed by atoms with Gasteiger partial charge in [-0.05, 0) is 69.5 Å². The maximum absolute atomic E-state index is 5.75. The Kier molecular flexibility index (Phi) is 3.53. The molecule has 0 aliphatic carbocycles. The molecule has 2 fully saturated rings. The van der Waals surface area contributed by atoms with Crippen molar-refractivity contribution in [3.8, 4) is 0 Å². The van der Waals surface area contributed by atoms with Crippen molar-refractivity contribution in [1.82, 2.24) is 0 Å². The molecule has 3 rings (SSSR count). The van der Waals surface area contributed by atoms with Crippen molar-refractivity contribution >= 4 is 5.69 Å². The second-order valence-corrected chi connectivity index (χ2v) is 6.45. The van der Waals surface area contributed by atoms with Crippen molar-refractivity contribution in [2.45, 2.75) is 58.0 Å². The summed E-state index contributed by atoms with van der Waals surface area (Å²) in [4.78, 5) is 2.75. The molecular formula is C17H26N2. The van der Waals surface area contributed by atoms with Crippen LogP contribution in [-0.2, 0) is 0 Å². The Morgan fingerprint density at radius 1 is 1.11 bits per heavy atom. The Bertz CT molecular complexity index is 420. The number of hydrogen-bond donors (Lipinski definition) is 1. The fraction of sp³-hybridized carbons (Fsp3) is 0.647. The van der Waals surface area contributed by atoms with Crippen LogP contribution < -0.4 is 10.6 Å². The lowest BCUT2D eigenvalue weighted by Gasteiger charge is -2.42. The smallest absolute Gasteiger partial charge is 0.0430 e. The number of hydrogen-bond acceptors (Lipinski definition) is 2. The molecule has 1 aromatic carbocycles. The van der Waals surface area contributed by atoms with Gasteiger partial charge in [0.25, 0.3) is 0 Å². The lowest BCUT2D eigenvalue weighted by atomic mass is 9.87. The first-order valence-corrected chi connectivity index (χ1v) is 7.75. The van der Waals surface area contributed by atoms with Crippen LogP contribution in [0.2, 0.25) is 0 Å². The van der Waals surface area contributed by atoms with Gasteiger partial charge in [-0.2, -0.15) is 0 Å². The Labute approximate surface area is 117 Å². The van der Waals surface area contributed by atoms with Gasteiger partial charge < -0.3 is 10.6 Å². The fourth-order valence-corrected chi connectivity index (χ4v) is 4.34. The Balaban J connectivity index is 1.88. The molecule has 2 saturated heterocycles. The van der Waals surface area contributed by atoms with Gasteiger partial charge in [-0.15, -0.1) is 0 Å². The molecule has 2 unspecified atom stereocenters.